The van der Waals surface area contributed by atoms with E-state index in [0.717, 1.165) is 24.3 Å². The lowest BCUT2D eigenvalue weighted by Gasteiger charge is -2.38. The lowest BCUT2D eigenvalue weighted by atomic mass is 10.1. The number of ketones is 1. The molecule has 0 spiro atoms. The molecule has 2 N–H and O–H groups in total. The second-order valence-corrected chi connectivity index (χ2v) is 6.95. The molecule has 1 fully saturated rings. The van der Waals surface area contributed by atoms with E-state index in [4.69, 9.17) is 4.74 Å². The molecule has 1 aliphatic heterocycles. The average molecular weight is 335 g/mol. The van der Waals surface area contributed by atoms with E-state index in [1.54, 1.807) is 0 Å². The molecule has 6 heteroatoms. The molecule has 2 rings (SSSR count). The maximum absolute atomic E-state index is 12.5. The van der Waals surface area contributed by atoms with Gasteiger partial charge < -0.3 is 15.0 Å². The monoisotopic (exact) mass is 335 g/mol. The maximum atomic E-state index is 12.5. The molecule has 0 bridgehead atoms. The minimum absolute atomic E-state index is 0.0232. The number of hydrogen-bond acceptors (Lipinski definition) is 4. The van der Waals surface area contributed by atoms with Crippen LogP contribution in [0.3, 0.4) is 0 Å². The molecule has 24 heavy (non-hydrogen) atoms. The van der Waals surface area contributed by atoms with Gasteiger partial charge in [0, 0.05) is 36.9 Å². The fourth-order valence-corrected chi connectivity index (χ4v) is 3.54. The summed E-state index contributed by atoms with van der Waals surface area (Å²) in [6, 6.07) is 0.228. The Morgan fingerprint density at radius 3 is 2.38 bits per heavy atom. The molecule has 1 saturated heterocycles. The van der Waals surface area contributed by atoms with Crippen LogP contribution in [0.15, 0.2) is 0 Å². The summed E-state index contributed by atoms with van der Waals surface area (Å²) in [6.45, 7) is 13.7. The number of nitrogens with one attached hydrogen (secondary N) is 2. The number of amides is 1. The number of hydrogen-bond donors (Lipinski definition) is 2. The molecule has 1 aromatic rings. The smallest absolute Gasteiger partial charge is 0.268 e. The van der Waals surface area contributed by atoms with Gasteiger partial charge in [0.15, 0.2) is 5.78 Å². The third-order valence-corrected chi connectivity index (χ3v) is 4.65. The third-order valence-electron chi connectivity index (χ3n) is 4.65. The maximum Gasteiger partial charge on any atom is 0.268 e. The molecular formula is C18H29N3O3. The Morgan fingerprint density at radius 1 is 1.29 bits per heavy atom. The Hall–Kier alpha value is -1.66. The first-order valence-corrected chi connectivity index (χ1v) is 8.58. The lowest BCUT2D eigenvalue weighted by molar-refractivity contribution is -0.0778. The number of aromatic amines is 1. The number of rotatable bonds is 5. The van der Waals surface area contributed by atoms with Crippen LogP contribution in [0, 0.1) is 13.8 Å². The van der Waals surface area contributed by atoms with Gasteiger partial charge in [-0.3, -0.25) is 14.5 Å². The fourth-order valence-electron chi connectivity index (χ4n) is 3.54. The standard InChI is InChI=1S/C18H29N3O3/c1-10(21-8-11(2)24-12(3)9-21)7-19-18(23)17-13(4)16(15(6)22)14(5)20-17/h10-12,20H,7-9H2,1-6H3,(H,19,23)/t10-,11-,12+/m1/s1. The van der Waals surface area contributed by atoms with Crippen molar-refractivity contribution < 1.29 is 14.3 Å². The van der Waals surface area contributed by atoms with E-state index >= 15 is 0 Å². The SMILES string of the molecule is CC(=O)c1c(C)[nH]c(C(=O)NC[C@@H](C)N2C[C@@H](C)O[C@@H](C)C2)c1C. The normalized spacial score (nSPS) is 23.1. The van der Waals surface area contributed by atoms with Crippen LogP contribution in [0.25, 0.3) is 0 Å². The van der Waals surface area contributed by atoms with Gasteiger partial charge in [0.05, 0.1) is 12.2 Å². The van der Waals surface area contributed by atoms with Crippen molar-refractivity contribution in [1.29, 1.82) is 0 Å². The van der Waals surface area contributed by atoms with Gasteiger partial charge in [0.2, 0.25) is 0 Å². The molecule has 0 saturated carbocycles. The topological polar surface area (TPSA) is 74.4 Å². The number of ether oxygens (including phenoxy) is 1. The van der Waals surface area contributed by atoms with Gasteiger partial charge in [-0.25, -0.2) is 0 Å². The van der Waals surface area contributed by atoms with Crippen molar-refractivity contribution in [3.05, 3.63) is 22.5 Å². The zero-order chi connectivity index (χ0) is 18.0. The van der Waals surface area contributed by atoms with Gasteiger partial charge in [-0.05, 0) is 47.1 Å². The summed E-state index contributed by atoms with van der Waals surface area (Å²) in [6.07, 6.45) is 0.414. The van der Waals surface area contributed by atoms with E-state index in [1.165, 1.54) is 6.92 Å². The van der Waals surface area contributed by atoms with Crippen molar-refractivity contribution in [2.75, 3.05) is 19.6 Å². The van der Waals surface area contributed by atoms with E-state index in [-0.39, 0.29) is 29.9 Å². The van der Waals surface area contributed by atoms with Crippen molar-refractivity contribution in [3.8, 4) is 0 Å². The van der Waals surface area contributed by atoms with Crippen molar-refractivity contribution >= 4 is 11.7 Å². The Kier molecular flexibility index (Phi) is 5.83. The first kappa shape index (κ1) is 18.7. The third kappa shape index (κ3) is 4.05. The van der Waals surface area contributed by atoms with Crippen LogP contribution in [-0.4, -0.2) is 59.5 Å². The number of morpholine rings is 1. The summed E-state index contributed by atoms with van der Waals surface area (Å²) in [5.41, 5.74) is 2.56. The van der Waals surface area contributed by atoms with E-state index in [9.17, 15) is 9.59 Å². The Labute approximate surface area is 143 Å². The van der Waals surface area contributed by atoms with E-state index in [1.807, 2.05) is 13.8 Å². The highest BCUT2D eigenvalue weighted by Gasteiger charge is 2.26. The zero-order valence-corrected chi connectivity index (χ0v) is 15.5. The highest BCUT2D eigenvalue weighted by atomic mass is 16.5. The number of aryl methyl sites for hydroxylation is 1. The zero-order valence-electron chi connectivity index (χ0n) is 15.5. The number of carbonyl (C=O) groups excluding carboxylic acids is 2. The largest absolute Gasteiger partial charge is 0.373 e. The molecule has 0 radical (unpaired) electrons. The number of H-pyrrole nitrogens is 1. The number of carbonyl (C=O) groups is 2. The molecule has 1 aromatic heterocycles. The fraction of sp³-hybridized carbons (Fsp3) is 0.667. The van der Waals surface area contributed by atoms with E-state index in [0.29, 0.717) is 17.8 Å². The van der Waals surface area contributed by atoms with E-state index < -0.39 is 0 Å². The van der Waals surface area contributed by atoms with Crippen LogP contribution in [0.4, 0.5) is 0 Å². The summed E-state index contributed by atoms with van der Waals surface area (Å²) in [7, 11) is 0. The van der Waals surface area contributed by atoms with Gasteiger partial charge in [0.25, 0.3) is 5.91 Å². The molecule has 2 heterocycles. The highest BCUT2D eigenvalue weighted by Crippen LogP contribution is 2.18. The second kappa shape index (κ2) is 7.49. The molecule has 0 aromatic carbocycles. The van der Waals surface area contributed by atoms with Gasteiger partial charge in [-0.2, -0.15) is 0 Å². The number of Topliss-reactive ketones (excluding diaryl/α,β-unsaturated/α-hetero) is 1. The molecule has 134 valence electrons. The first-order chi connectivity index (χ1) is 11.2. The van der Waals surface area contributed by atoms with Crippen molar-refractivity contribution in [2.45, 2.75) is 59.8 Å². The quantitative estimate of drug-likeness (QED) is 0.808. The molecule has 0 aliphatic carbocycles. The molecule has 1 aliphatic rings. The Balaban J connectivity index is 1.98. The molecule has 3 atom stereocenters. The lowest BCUT2D eigenvalue weighted by Crippen LogP contribution is -2.52. The average Bonchev–Trinajstić information content (AvgIpc) is 2.78. The number of aromatic nitrogens is 1. The first-order valence-electron chi connectivity index (χ1n) is 8.58. The van der Waals surface area contributed by atoms with Gasteiger partial charge in [0.1, 0.15) is 5.69 Å². The molecule has 6 nitrogen and oxygen atoms in total. The molecular weight excluding hydrogens is 306 g/mol. The van der Waals surface area contributed by atoms with Crippen molar-refractivity contribution in [2.24, 2.45) is 0 Å². The summed E-state index contributed by atoms with van der Waals surface area (Å²) >= 11 is 0. The number of nitrogens with zero attached hydrogens (tertiary/aromatic N) is 1. The predicted octanol–water partition coefficient (Wildman–Crippen LogP) is 2.06. The van der Waals surface area contributed by atoms with Crippen LogP contribution in [-0.2, 0) is 4.74 Å². The molecule has 1 amide bonds. The summed E-state index contributed by atoms with van der Waals surface area (Å²) < 4.78 is 5.75. The molecule has 0 unspecified atom stereocenters. The summed E-state index contributed by atoms with van der Waals surface area (Å²) in [4.78, 5) is 29.5. The predicted molar refractivity (Wildman–Crippen MR) is 93.6 cm³/mol. The van der Waals surface area contributed by atoms with Crippen molar-refractivity contribution in [3.63, 3.8) is 0 Å². The van der Waals surface area contributed by atoms with Crippen LogP contribution in [0.1, 0.15) is 59.8 Å². The Morgan fingerprint density at radius 2 is 1.88 bits per heavy atom. The summed E-state index contributed by atoms with van der Waals surface area (Å²) in [5, 5.41) is 2.98. The summed E-state index contributed by atoms with van der Waals surface area (Å²) in [5.74, 6) is -0.186. The Bertz CT molecular complexity index is 613. The van der Waals surface area contributed by atoms with E-state index in [2.05, 4.69) is 36.0 Å². The van der Waals surface area contributed by atoms with Crippen LogP contribution >= 0.6 is 0 Å². The van der Waals surface area contributed by atoms with Gasteiger partial charge in [-0.1, -0.05) is 0 Å². The minimum Gasteiger partial charge on any atom is -0.373 e. The van der Waals surface area contributed by atoms with Crippen LogP contribution < -0.4 is 5.32 Å². The van der Waals surface area contributed by atoms with Crippen LogP contribution in [0.2, 0.25) is 0 Å². The highest BCUT2D eigenvalue weighted by molar-refractivity contribution is 6.02. The van der Waals surface area contributed by atoms with Gasteiger partial charge >= 0.3 is 0 Å². The van der Waals surface area contributed by atoms with Crippen LogP contribution in [0.5, 0.6) is 0 Å². The minimum atomic E-state index is -0.163. The van der Waals surface area contributed by atoms with Crippen molar-refractivity contribution in [1.82, 2.24) is 15.2 Å². The second-order valence-electron chi connectivity index (χ2n) is 6.95. The van der Waals surface area contributed by atoms with Gasteiger partial charge in [-0.15, -0.1) is 0 Å².